The van der Waals surface area contributed by atoms with Crippen molar-refractivity contribution >= 4 is 34.5 Å². The maximum absolute atomic E-state index is 12.4. The first-order valence-corrected chi connectivity index (χ1v) is 11.5. The van der Waals surface area contributed by atoms with Gasteiger partial charge < -0.3 is 10.1 Å². The molecule has 0 spiro atoms. The molecule has 3 aromatic heterocycles. The third-order valence-electron chi connectivity index (χ3n) is 5.12. The zero-order valence-corrected chi connectivity index (χ0v) is 19.0. The van der Waals surface area contributed by atoms with Crippen molar-refractivity contribution in [3.8, 4) is 17.0 Å². The lowest BCUT2D eigenvalue weighted by Crippen LogP contribution is -2.14. The van der Waals surface area contributed by atoms with Crippen molar-refractivity contribution < 1.29 is 9.53 Å². The summed E-state index contributed by atoms with van der Waals surface area (Å²) in [4.78, 5) is 12.4. The van der Waals surface area contributed by atoms with Gasteiger partial charge in [0, 0.05) is 23.6 Å². The van der Waals surface area contributed by atoms with E-state index in [1.165, 1.54) is 17.3 Å². The maximum atomic E-state index is 12.4. The van der Waals surface area contributed by atoms with E-state index >= 15 is 0 Å². The highest BCUT2D eigenvalue weighted by atomic mass is 32.2. The number of aromatic nitrogens is 5. The van der Waals surface area contributed by atoms with Crippen LogP contribution in [-0.4, -0.2) is 42.5 Å². The lowest BCUT2D eigenvalue weighted by Gasteiger charge is -2.06. The Hall–Kier alpha value is -3.85. The van der Waals surface area contributed by atoms with Gasteiger partial charge in [-0.1, -0.05) is 41.6 Å². The average Bonchev–Trinajstić information content (AvgIpc) is 3.43. The van der Waals surface area contributed by atoms with Crippen molar-refractivity contribution in [2.75, 3.05) is 17.7 Å². The molecule has 0 radical (unpaired) electrons. The summed E-state index contributed by atoms with van der Waals surface area (Å²) in [5.41, 5.74) is 5.39. The van der Waals surface area contributed by atoms with Gasteiger partial charge in [0.25, 0.3) is 0 Å². The standard InChI is InChI=1S/C24H22N6O2S/c1-3-32-19-10-8-18(9-11-19)25-22(31)15-33-24-27-26-23-21-14-20(17-6-4-16(2)5-7-17)28-30(21)13-12-29(23)24/h4-14H,3,15H2,1-2H3,(H,25,31). The summed E-state index contributed by atoms with van der Waals surface area (Å²) in [5.74, 6) is 0.872. The highest BCUT2D eigenvalue weighted by molar-refractivity contribution is 7.99. The molecule has 0 saturated carbocycles. The number of fused-ring (bicyclic) bond motifs is 3. The van der Waals surface area contributed by atoms with Crippen LogP contribution in [0.5, 0.6) is 5.75 Å². The van der Waals surface area contributed by atoms with Gasteiger partial charge in [-0.05, 0) is 44.2 Å². The topological polar surface area (TPSA) is 85.8 Å². The van der Waals surface area contributed by atoms with E-state index in [0.29, 0.717) is 17.4 Å². The molecule has 9 heteroatoms. The number of anilines is 1. The van der Waals surface area contributed by atoms with Crippen LogP contribution in [0.3, 0.4) is 0 Å². The van der Waals surface area contributed by atoms with Crippen LogP contribution in [0.25, 0.3) is 22.4 Å². The Morgan fingerprint density at radius 2 is 1.85 bits per heavy atom. The first kappa shape index (κ1) is 21.0. The Kier molecular flexibility index (Phi) is 5.70. The SMILES string of the molecule is CCOc1ccc(NC(=O)CSc2nnc3c4cc(-c5ccc(C)cc5)nn4ccn23)cc1. The normalized spacial score (nSPS) is 11.2. The van der Waals surface area contributed by atoms with Gasteiger partial charge in [-0.2, -0.15) is 5.10 Å². The van der Waals surface area contributed by atoms with Gasteiger partial charge in [-0.15, -0.1) is 10.2 Å². The average molecular weight is 459 g/mol. The van der Waals surface area contributed by atoms with Crippen LogP contribution < -0.4 is 10.1 Å². The zero-order chi connectivity index (χ0) is 22.8. The molecule has 5 aromatic rings. The summed E-state index contributed by atoms with van der Waals surface area (Å²) in [6.45, 7) is 4.60. The molecule has 0 fully saturated rings. The van der Waals surface area contributed by atoms with E-state index in [1.54, 1.807) is 4.52 Å². The van der Waals surface area contributed by atoms with Crippen LogP contribution in [0.1, 0.15) is 12.5 Å². The number of nitrogens with zero attached hydrogens (tertiary/aromatic N) is 5. The Morgan fingerprint density at radius 3 is 2.61 bits per heavy atom. The van der Waals surface area contributed by atoms with Crippen LogP contribution in [0.2, 0.25) is 0 Å². The number of amides is 1. The number of carbonyl (C=O) groups excluding carboxylic acids is 1. The Morgan fingerprint density at radius 1 is 1.06 bits per heavy atom. The highest BCUT2D eigenvalue weighted by Crippen LogP contribution is 2.25. The maximum Gasteiger partial charge on any atom is 0.234 e. The molecule has 1 N–H and O–H groups in total. The molecular formula is C24H22N6O2S. The van der Waals surface area contributed by atoms with Crippen LogP contribution >= 0.6 is 11.8 Å². The Balaban J connectivity index is 1.31. The number of hydrogen-bond donors (Lipinski definition) is 1. The van der Waals surface area contributed by atoms with Crippen molar-refractivity contribution in [1.29, 1.82) is 0 Å². The van der Waals surface area contributed by atoms with Gasteiger partial charge in [0.05, 0.1) is 18.1 Å². The van der Waals surface area contributed by atoms with Crippen LogP contribution in [-0.2, 0) is 4.79 Å². The minimum atomic E-state index is -0.118. The van der Waals surface area contributed by atoms with Gasteiger partial charge in [0.2, 0.25) is 5.91 Å². The molecule has 8 nitrogen and oxygen atoms in total. The number of rotatable bonds is 7. The molecule has 0 saturated heterocycles. The monoisotopic (exact) mass is 458 g/mol. The quantitative estimate of drug-likeness (QED) is 0.362. The van der Waals surface area contributed by atoms with E-state index in [1.807, 2.05) is 54.0 Å². The third kappa shape index (κ3) is 4.40. The molecule has 0 unspecified atom stereocenters. The van der Waals surface area contributed by atoms with E-state index < -0.39 is 0 Å². The lowest BCUT2D eigenvalue weighted by molar-refractivity contribution is -0.113. The predicted molar refractivity (Wildman–Crippen MR) is 129 cm³/mol. The molecule has 0 aliphatic carbocycles. The minimum Gasteiger partial charge on any atom is -0.494 e. The zero-order valence-electron chi connectivity index (χ0n) is 18.2. The van der Waals surface area contributed by atoms with Crippen molar-refractivity contribution in [3.63, 3.8) is 0 Å². The molecule has 0 aliphatic heterocycles. The van der Waals surface area contributed by atoms with Crippen molar-refractivity contribution in [3.05, 3.63) is 72.6 Å². The van der Waals surface area contributed by atoms with Crippen molar-refractivity contribution in [2.24, 2.45) is 0 Å². The fourth-order valence-corrected chi connectivity index (χ4v) is 4.20. The number of carbonyl (C=O) groups is 1. The van der Waals surface area contributed by atoms with E-state index in [9.17, 15) is 4.79 Å². The molecule has 5 rings (SSSR count). The molecule has 1 amide bonds. The first-order chi connectivity index (χ1) is 16.1. The molecule has 166 valence electrons. The Labute approximate surface area is 194 Å². The van der Waals surface area contributed by atoms with Crippen LogP contribution in [0, 0.1) is 6.92 Å². The lowest BCUT2D eigenvalue weighted by atomic mass is 10.1. The molecule has 33 heavy (non-hydrogen) atoms. The van der Waals surface area contributed by atoms with E-state index in [4.69, 9.17) is 4.74 Å². The number of aryl methyl sites for hydroxylation is 1. The van der Waals surface area contributed by atoms with Crippen LogP contribution in [0.15, 0.2) is 72.1 Å². The largest absolute Gasteiger partial charge is 0.494 e. The summed E-state index contributed by atoms with van der Waals surface area (Å²) in [6.07, 6.45) is 3.73. The second kappa shape index (κ2) is 8.95. The fourth-order valence-electron chi connectivity index (χ4n) is 3.48. The van der Waals surface area contributed by atoms with Gasteiger partial charge in [0.15, 0.2) is 10.8 Å². The summed E-state index contributed by atoms with van der Waals surface area (Å²) in [5, 5.41) is 16.8. The number of nitrogens with one attached hydrogen (secondary N) is 1. The minimum absolute atomic E-state index is 0.118. The highest BCUT2D eigenvalue weighted by Gasteiger charge is 2.14. The van der Waals surface area contributed by atoms with Crippen LogP contribution in [0.4, 0.5) is 5.69 Å². The van der Waals surface area contributed by atoms with Crippen molar-refractivity contribution in [1.82, 2.24) is 24.2 Å². The predicted octanol–water partition coefficient (Wildman–Crippen LogP) is 4.48. The van der Waals surface area contributed by atoms with Gasteiger partial charge in [-0.3, -0.25) is 9.20 Å². The number of benzene rings is 2. The van der Waals surface area contributed by atoms with Crippen molar-refractivity contribution in [2.45, 2.75) is 19.0 Å². The molecule has 2 aromatic carbocycles. The van der Waals surface area contributed by atoms with E-state index in [0.717, 1.165) is 28.2 Å². The van der Waals surface area contributed by atoms with Gasteiger partial charge >= 0.3 is 0 Å². The summed E-state index contributed by atoms with van der Waals surface area (Å²) < 4.78 is 9.10. The smallest absolute Gasteiger partial charge is 0.234 e. The summed E-state index contributed by atoms with van der Waals surface area (Å²) in [6, 6.07) is 17.6. The van der Waals surface area contributed by atoms with Gasteiger partial charge in [0.1, 0.15) is 11.3 Å². The second-order valence-electron chi connectivity index (χ2n) is 7.49. The molecular weight excluding hydrogens is 436 g/mol. The first-order valence-electron chi connectivity index (χ1n) is 10.6. The molecule has 0 bridgehead atoms. The number of ether oxygens (including phenoxy) is 1. The number of thioether (sulfide) groups is 1. The molecule has 0 atom stereocenters. The van der Waals surface area contributed by atoms with E-state index in [-0.39, 0.29) is 11.7 Å². The van der Waals surface area contributed by atoms with Gasteiger partial charge in [-0.25, -0.2) is 4.52 Å². The second-order valence-corrected chi connectivity index (χ2v) is 8.44. The number of hydrogen-bond acceptors (Lipinski definition) is 6. The molecule has 3 heterocycles. The Bertz CT molecular complexity index is 1420. The summed E-state index contributed by atoms with van der Waals surface area (Å²) >= 11 is 1.33. The molecule has 0 aliphatic rings. The summed E-state index contributed by atoms with van der Waals surface area (Å²) in [7, 11) is 0. The third-order valence-corrected chi connectivity index (χ3v) is 6.06. The van der Waals surface area contributed by atoms with E-state index in [2.05, 4.69) is 51.8 Å². The fraction of sp³-hybridized carbons (Fsp3) is 0.167.